The van der Waals surface area contributed by atoms with Crippen LogP contribution >= 0.6 is 0 Å². The summed E-state index contributed by atoms with van der Waals surface area (Å²) in [5, 5.41) is 11.5. The lowest BCUT2D eigenvalue weighted by Crippen LogP contribution is -2.41. The van der Waals surface area contributed by atoms with E-state index in [9.17, 15) is 9.18 Å². The summed E-state index contributed by atoms with van der Waals surface area (Å²) in [7, 11) is 0. The van der Waals surface area contributed by atoms with Gasteiger partial charge in [0.15, 0.2) is 0 Å². The lowest BCUT2D eigenvalue weighted by Gasteiger charge is -2.26. The highest BCUT2D eigenvalue weighted by Crippen LogP contribution is 2.24. The smallest absolute Gasteiger partial charge is 0.308 e. The van der Waals surface area contributed by atoms with Gasteiger partial charge in [-0.3, -0.25) is 0 Å². The van der Waals surface area contributed by atoms with Crippen LogP contribution in [0.1, 0.15) is 25.7 Å². The number of nitriles is 1. The Kier molecular flexibility index (Phi) is 4.35. The summed E-state index contributed by atoms with van der Waals surface area (Å²) < 4.78 is 12.8. The lowest BCUT2D eigenvalue weighted by atomic mass is 10.2. The highest BCUT2D eigenvalue weighted by molar-refractivity contribution is 5.89. The van der Waals surface area contributed by atoms with E-state index in [1.165, 1.54) is 24.3 Å². The summed E-state index contributed by atoms with van der Waals surface area (Å²) in [6.07, 6.45) is 4.07. The van der Waals surface area contributed by atoms with Gasteiger partial charge < -0.3 is 10.2 Å². The number of amides is 2. The Hall–Kier alpha value is -2.09. The van der Waals surface area contributed by atoms with Gasteiger partial charge in [-0.2, -0.15) is 5.26 Å². The average molecular weight is 261 g/mol. The third kappa shape index (κ3) is 3.44. The molecule has 0 atom stereocenters. The van der Waals surface area contributed by atoms with E-state index >= 15 is 0 Å². The molecule has 5 heteroatoms. The first-order valence-corrected chi connectivity index (χ1v) is 6.41. The topological polar surface area (TPSA) is 56.1 Å². The van der Waals surface area contributed by atoms with E-state index in [4.69, 9.17) is 5.26 Å². The minimum atomic E-state index is -0.345. The molecule has 1 aliphatic carbocycles. The first-order chi connectivity index (χ1) is 9.20. The van der Waals surface area contributed by atoms with Crippen LogP contribution in [0.15, 0.2) is 24.3 Å². The quantitative estimate of drug-likeness (QED) is 0.850. The Morgan fingerprint density at radius 3 is 2.58 bits per heavy atom. The molecule has 0 unspecified atom stereocenters. The molecule has 0 spiro atoms. The Morgan fingerprint density at radius 1 is 1.37 bits per heavy atom. The molecule has 0 saturated heterocycles. The predicted molar refractivity (Wildman–Crippen MR) is 70.0 cm³/mol. The van der Waals surface area contributed by atoms with Crippen molar-refractivity contribution in [1.29, 1.82) is 5.26 Å². The highest BCUT2D eigenvalue weighted by Gasteiger charge is 2.26. The maximum Gasteiger partial charge on any atom is 0.322 e. The number of benzene rings is 1. The summed E-state index contributed by atoms with van der Waals surface area (Å²) >= 11 is 0. The first kappa shape index (κ1) is 13.3. The zero-order valence-electron chi connectivity index (χ0n) is 10.6. The van der Waals surface area contributed by atoms with Crippen molar-refractivity contribution in [3.8, 4) is 6.07 Å². The Balaban J connectivity index is 2.02. The van der Waals surface area contributed by atoms with Crippen molar-refractivity contribution in [3.05, 3.63) is 30.1 Å². The van der Waals surface area contributed by atoms with Crippen LogP contribution in [0.3, 0.4) is 0 Å². The summed E-state index contributed by atoms with van der Waals surface area (Å²) in [6, 6.07) is 7.47. The van der Waals surface area contributed by atoms with Crippen LogP contribution in [0.2, 0.25) is 0 Å². The van der Waals surface area contributed by atoms with Gasteiger partial charge in [0.25, 0.3) is 0 Å². The summed E-state index contributed by atoms with van der Waals surface area (Å²) in [6.45, 7) is 0.0810. The number of anilines is 1. The second-order valence-corrected chi connectivity index (χ2v) is 4.66. The van der Waals surface area contributed by atoms with Gasteiger partial charge in [-0.25, -0.2) is 9.18 Å². The second-order valence-electron chi connectivity index (χ2n) is 4.66. The SMILES string of the molecule is N#CCN(C(=O)Nc1ccc(F)cc1)C1CCCC1. The summed E-state index contributed by atoms with van der Waals surface area (Å²) in [4.78, 5) is 13.7. The molecular weight excluding hydrogens is 245 g/mol. The van der Waals surface area contributed by atoms with Gasteiger partial charge in [0.2, 0.25) is 0 Å². The van der Waals surface area contributed by atoms with E-state index in [1.54, 1.807) is 4.90 Å². The van der Waals surface area contributed by atoms with Crippen LogP contribution in [-0.2, 0) is 0 Å². The maximum absolute atomic E-state index is 12.8. The van der Waals surface area contributed by atoms with Crippen LogP contribution in [0.4, 0.5) is 14.9 Å². The Morgan fingerprint density at radius 2 is 2.00 bits per heavy atom. The number of nitrogens with one attached hydrogen (secondary N) is 1. The molecule has 1 saturated carbocycles. The molecule has 1 N–H and O–H groups in total. The average Bonchev–Trinajstić information content (AvgIpc) is 2.92. The molecule has 4 nitrogen and oxygen atoms in total. The number of hydrogen-bond acceptors (Lipinski definition) is 2. The fourth-order valence-electron chi connectivity index (χ4n) is 2.39. The van der Waals surface area contributed by atoms with Crippen molar-refractivity contribution in [2.24, 2.45) is 0 Å². The molecule has 1 aliphatic rings. The second kappa shape index (κ2) is 6.19. The Bertz CT molecular complexity index is 474. The molecule has 0 aliphatic heterocycles. The zero-order valence-corrected chi connectivity index (χ0v) is 10.6. The van der Waals surface area contributed by atoms with Crippen molar-refractivity contribution in [2.75, 3.05) is 11.9 Å². The van der Waals surface area contributed by atoms with Gasteiger partial charge in [0.05, 0.1) is 6.07 Å². The largest absolute Gasteiger partial charge is 0.322 e. The van der Waals surface area contributed by atoms with Crippen LogP contribution in [0.25, 0.3) is 0 Å². The fourth-order valence-corrected chi connectivity index (χ4v) is 2.39. The number of rotatable bonds is 3. The third-order valence-electron chi connectivity index (χ3n) is 3.36. The number of carbonyl (C=O) groups is 1. The molecular formula is C14H16FN3O. The van der Waals surface area contributed by atoms with Crippen LogP contribution in [-0.4, -0.2) is 23.5 Å². The van der Waals surface area contributed by atoms with Gasteiger partial charge in [-0.05, 0) is 37.1 Å². The number of halogens is 1. The normalized spacial score (nSPS) is 14.9. The van der Waals surface area contributed by atoms with Gasteiger partial charge in [0, 0.05) is 11.7 Å². The Labute approximate surface area is 111 Å². The third-order valence-corrected chi connectivity index (χ3v) is 3.36. The molecule has 1 fully saturated rings. The molecule has 0 heterocycles. The van der Waals surface area contributed by atoms with E-state index in [2.05, 4.69) is 5.32 Å². The summed E-state index contributed by atoms with van der Waals surface area (Å²) in [5.41, 5.74) is 0.535. The maximum atomic E-state index is 12.8. The van der Waals surface area contributed by atoms with E-state index < -0.39 is 0 Å². The van der Waals surface area contributed by atoms with Crippen LogP contribution < -0.4 is 5.32 Å². The van der Waals surface area contributed by atoms with Crippen molar-refractivity contribution in [3.63, 3.8) is 0 Å². The standard InChI is InChI=1S/C14H16FN3O/c15-11-5-7-12(8-6-11)17-14(19)18(10-9-16)13-3-1-2-4-13/h5-8,13H,1-4,10H2,(H,17,19). The minimum absolute atomic E-state index is 0.0810. The summed E-state index contributed by atoms with van der Waals surface area (Å²) in [5.74, 6) is -0.345. The van der Waals surface area contributed by atoms with E-state index in [1.807, 2.05) is 6.07 Å². The van der Waals surface area contributed by atoms with Gasteiger partial charge in [0.1, 0.15) is 12.4 Å². The minimum Gasteiger partial charge on any atom is -0.308 e. The molecule has 2 amide bonds. The van der Waals surface area contributed by atoms with Crippen LogP contribution in [0.5, 0.6) is 0 Å². The number of urea groups is 1. The van der Waals surface area contributed by atoms with E-state index in [0.717, 1.165) is 25.7 Å². The van der Waals surface area contributed by atoms with Crippen LogP contribution in [0, 0.1) is 17.1 Å². The first-order valence-electron chi connectivity index (χ1n) is 6.41. The molecule has 0 aromatic heterocycles. The molecule has 1 aromatic rings. The van der Waals surface area contributed by atoms with Crippen molar-refractivity contribution in [2.45, 2.75) is 31.7 Å². The number of carbonyl (C=O) groups excluding carboxylic acids is 1. The molecule has 0 bridgehead atoms. The fraction of sp³-hybridized carbons (Fsp3) is 0.429. The molecule has 2 rings (SSSR count). The van der Waals surface area contributed by atoms with Gasteiger partial charge in [-0.1, -0.05) is 12.8 Å². The van der Waals surface area contributed by atoms with Crippen molar-refractivity contribution in [1.82, 2.24) is 4.90 Å². The molecule has 1 aromatic carbocycles. The monoisotopic (exact) mass is 261 g/mol. The van der Waals surface area contributed by atoms with Crippen molar-refractivity contribution < 1.29 is 9.18 Å². The molecule has 0 radical (unpaired) electrons. The van der Waals surface area contributed by atoms with Crippen molar-refractivity contribution >= 4 is 11.7 Å². The number of hydrogen-bond donors (Lipinski definition) is 1. The van der Waals surface area contributed by atoms with E-state index in [0.29, 0.717) is 5.69 Å². The molecule has 100 valence electrons. The lowest BCUT2D eigenvalue weighted by molar-refractivity contribution is 0.197. The van der Waals surface area contributed by atoms with Gasteiger partial charge in [-0.15, -0.1) is 0 Å². The zero-order chi connectivity index (χ0) is 13.7. The van der Waals surface area contributed by atoms with Gasteiger partial charge >= 0.3 is 6.03 Å². The highest BCUT2D eigenvalue weighted by atomic mass is 19.1. The number of nitrogens with zero attached hydrogens (tertiary/aromatic N) is 2. The van der Waals surface area contributed by atoms with E-state index in [-0.39, 0.29) is 24.4 Å². The molecule has 19 heavy (non-hydrogen) atoms. The predicted octanol–water partition coefficient (Wildman–Crippen LogP) is 3.13.